The molecule has 3 aromatic rings. The number of carbonyl (C=O) groups is 1. The van der Waals surface area contributed by atoms with Gasteiger partial charge in [-0.2, -0.15) is 13.2 Å². The Kier molecular flexibility index (Phi) is 6.09. The first-order chi connectivity index (χ1) is 16.7. The van der Waals surface area contributed by atoms with Gasteiger partial charge < -0.3 is 10.2 Å². The smallest absolute Gasteiger partial charge is 0.368 e. The first kappa shape index (κ1) is 23.8. The molecule has 1 N–H and O–H groups in total. The van der Waals surface area contributed by atoms with Crippen molar-refractivity contribution in [3.8, 4) is 11.4 Å². The molecule has 2 aromatic heterocycles. The molecule has 182 valence electrons. The van der Waals surface area contributed by atoms with Crippen LogP contribution in [0, 0.1) is 5.41 Å². The summed E-state index contributed by atoms with van der Waals surface area (Å²) in [4.78, 5) is 28.0. The molecule has 1 amide bonds. The number of alkyl halides is 3. The molecule has 1 atom stereocenters. The van der Waals surface area contributed by atoms with E-state index < -0.39 is 16.8 Å². The number of nitrogens with zero attached hydrogens (tertiary/aromatic N) is 4. The number of carbonyl (C=O) groups excluding carboxylic acids is 1. The Morgan fingerprint density at radius 3 is 2.54 bits per heavy atom. The lowest BCUT2D eigenvalue weighted by Crippen LogP contribution is -2.40. The first-order valence-electron chi connectivity index (χ1n) is 11.0. The highest BCUT2D eigenvalue weighted by Gasteiger charge is 2.53. The minimum atomic E-state index is -4.58. The van der Waals surface area contributed by atoms with Gasteiger partial charge in [0.1, 0.15) is 5.82 Å². The van der Waals surface area contributed by atoms with E-state index in [1.807, 2.05) is 4.90 Å². The molecule has 1 aliphatic carbocycles. The summed E-state index contributed by atoms with van der Waals surface area (Å²) in [6.07, 6.45) is 2.20. The molecule has 35 heavy (non-hydrogen) atoms. The highest BCUT2D eigenvalue weighted by atomic mass is 35.5. The second-order valence-electron chi connectivity index (χ2n) is 8.98. The summed E-state index contributed by atoms with van der Waals surface area (Å²) in [7, 11) is 0. The van der Waals surface area contributed by atoms with E-state index in [1.54, 1.807) is 36.7 Å². The van der Waals surface area contributed by atoms with Gasteiger partial charge in [-0.3, -0.25) is 4.79 Å². The van der Waals surface area contributed by atoms with Crippen molar-refractivity contribution in [2.75, 3.05) is 18.4 Å². The van der Waals surface area contributed by atoms with Crippen LogP contribution in [0.4, 0.5) is 19.0 Å². The summed E-state index contributed by atoms with van der Waals surface area (Å²) in [6, 6.07) is 7.71. The Morgan fingerprint density at radius 1 is 1.14 bits per heavy atom. The zero-order valence-corrected chi connectivity index (χ0v) is 19.8. The zero-order chi connectivity index (χ0) is 24.8. The fourth-order valence-electron chi connectivity index (χ4n) is 4.56. The number of hydrogen-bond donors (Lipinski definition) is 1. The van der Waals surface area contributed by atoms with Gasteiger partial charge in [0.05, 0.1) is 16.1 Å². The fraction of sp³-hybridized carbons (Fsp3) is 0.333. The molecule has 1 unspecified atom stereocenters. The van der Waals surface area contributed by atoms with E-state index in [9.17, 15) is 18.0 Å². The Hall–Kier alpha value is -2.91. The zero-order valence-electron chi connectivity index (χ0n) is 18.3. The van der Waals surface area contributed by atoms with Gasteiger partial charge in [0.15, 0.2) is 5.82 Å². The number of aromatic nitrogens is 3. The van der Waals surface area contributed by atoms with Crippen molar-refractivity contribution in [3.63, 3.8) is 0 Å². The predicted molar refractivity (Wildman–Crippen MR) is 126 cm³/mol. The van der Waals surface area contributed by atoms with Crippen LogP contribution in [0.5, 0.6) is 0 Å². The maximum absolute atomic E-state index is 13.8. The van der Waals surface area contributed by atoms with Crippen molar-refractivity contribution < 1.29 is 18.0 Å². The van der Waals surface area contributed by atoms with E-state index in [0.717, 1.165) is 25.3 Å². The van der Waals surface area contributed by atoms with Gasteiger partial charge in [-0.25, -0.2) is 15.0 Å². The second kappa shape index (κ2) is 8.95. The standard InChI is InChI=1S/C24H20Cl2F3N5O/c25-14-2-3-16(21-30-6-1-7-31-21)17(8-14)22(35)34-13-23(4-5-23)10-15(34)11-32-20-9-19(26)18(12-33-20)24(27,28)29/h1-3,6-9,12,15H,4-5,10-11,13H2,(H,32,33). The van der Waals surface area contributed by atoms with E-state index in [1.165, 1.54) is 0 Å². The van der Waals surface area contributed by atoms with Crippen molar-refractivity contribution in [3.05, 3.63) is 70.1 Å². The minimum Gasteiger partial charge on any atom is -0.368 e. The van der Waals surface area contributed by atoms with E-state index in [2.05, 4.69) is 20.3 Å². The molecular weight excluding hydrogens is 502 g/mol. The first-order valence-corrected chi connectivity index (χ1v) is 11.8. The number of nitrogens with one attached hydrogen (secondary N) is 1. The van der Waals surface area contributed by atoms with Gasteiger partial charge in [-0.15, -0.1) is 0 Å². The maximum Gasteiger partial charge on any atom is 0.419 e. The van der Waals surface area contributed by atoms with Crippen molar-refractivity contribution in [1.29, 1.82) is 0 Å². The highest BCUT2D eigenvalue weighted by molar-refractivity contribution is 6.31. The lowest BCUT2D eigenvalue weighted by atomic mass is 10.0. The van der Waals surface area contributed by atoms with Crippen molar-refractivity contribution >= 4 is 34.9 Å². The maximum atomic E-state index is 13.8. The number of halogens is 5. The van der Waals surface area contributed by atoms with E-state index in [0.29, 0.717) is 41.3 Å². The molecule has 1 aliphatic heterocycles. The average molecular weight is 522 g/mol. The Balaban J connectivity index is 1.39. The number of pyridine rings is 1. The summed E-state index contributed by atoms with van der Waals surface area (Å²) in [5, 5.41) is 3.05. The van der Waals surface area contributed by atoms with Gasteiger partial charge in [-0.1, -0.05) is 23.2 Å². The van der Waals surface area contributed by atoms with Gasteiger partial charge in [0.25, 0.3) is 5.91 Å². The van der Waals surface area contributed by atoms with E-state index >= 15 is 0 Å². The SMILES string of the molecule is O=C(c1cc(Cl)ccc1-c1ncccn1)N1CC2(CC2)CC1CNc1cc(Cl)c(C(F)(F)F)cn1. The molecule has 2 fully saturated rings. The number of amides is 1. The van der Waals surface area contributed by atoms with Crippen LogP contribution in [0.25, 0.3) is 11.4 Å². The summed E-state index contributed by atoms with van der Waals surface area (Å²) >= 11 is 12.1. The van der Waals surface area contributed by atoms with Gasteiger partial charge in [0, 0.05) is 48.3 Å². The number of rotatable bonds is 5. The number of benzene rings is 1. The number of anilines is 1. The quantitative estimate of drug-likeness (QED) is 0.447. The van der Waals surface area contributed by atoms with Crippen LogP contribution in [0.2, 0.25) is 10.0 Å². The molecule has 0 radical (unpaired) electrons. The molecule has 1 aromatic carbocycles. The number of likely N-dealkylation sites (tertiary alicyclic amines) is 1. The van der Waals surface area contributed by atoms with Crippen molar-refractivity contribution in [2.24, 2.45) is 5.41 Å². The highest BCUT2D eigenvalue weighted by Crippen LogP contribution is 2.55. The Bertz CT molecular complexity index is 1270. The Morgan fingerprint density at radius 2 is 1.89 bits per heavy atom. The summed E-state index contributed by atoms with van der Waals surface area (Å²) in [5.74, 6) is 0.448. The molecule has 1 saturated carbocycles. The monoisotopic (exact) mass is 521 g/mol. The van der Waals surface area contributed by atoms with Crippen LogP contribution in [-0.2, 0) is 6.18 Å². The summed E-state index contributed by atoms with van der Waals surface area (Å²) < 4.78 is 38.9. The topological polar surface area (TPSA) is 71.0 Å². The molecule has 6 nitrogen and oxygen atoms in total. The van der Waals surface area contributed by atoms with Gasteiger partial charge in [-0.05, 0) is 55.0 Å². The van der Waals surface area contributed by atoms with Crippen LogP contribution in [-0.4, -0.2) is 44.9 Å². The molecule has 2 aliphatic rings. The number of hydrogen-bond acceptors (Lipinski definition) is 5. The summed E-state index contributed by atoms with van der Waals surface area (Å²) in [6.45, 7) is 0.918. The van der Waals surface area contributed by atoms with Crippen LogP contribution < -0.4 is 5.32 Å². The predicted octanol–water partition coefficient (Wildman–Crippen LogP) is 5.97. The molecule has 3 heterocycles. The lowest BCUT2D eigenvalue weighted by Gasteiger charge is -2.26. The fourth-order valence-corrected chi connectivity index (χ4v) is 5.00. The molecule has 1 saturated heterocycles. The van der Waals surface area contributed by atoms with Gasteiger partial charge in [0.2, 0.25) is 0 Å². The average Bonchev–Trinajstić information content (AvgIpc) is 3.48. The molecule has 0 bridgehead atoms. The lowest BCUT2D eigenvalue weighted by molar-refractivity contribution is -0.137. The largest absolute Gasteiger partial charge is 0.419 e. The van der Waals surface area contributed by atoms with E-state index in [-0.39, 0.29) is 23.2 Å². The molecule has 1 spiro atoms. The van der Waals surface area contributed by atoms with Crippen LogP contribution in [0.15, 0.2) is 48.9 Å². The van der Waals surface area contributed by atoms with Crippen molar-refractivity contribution in [2.45, 2.75) is 31.5 Å². The third-order valence-corrected chi connectivity index (χ3v) is 7.08. The third kappa shape index (κ3) is 4.92. The minimum absolute atomic E-state index is 0.0786. The van der Waals surface area contributed by atoms with Crippen LogP contribution in [0.3, 0.4) is 0 Å². The molecule has 5 rings (SSSR count). The Labute approximate surface area is 209 Å². The second-order valence-corrected chi connectivity index (χ2v) is 9.82. The molecular formula is C24H20Cl2F3N5O. The third-order valence-electron chi connectivity index (χ3n) is 6.53. The van der Waals surface area contributed by atoms with Crippen LogP contribution >= 0.6 is 23.2 Å². The normalized spacial score (nSPS) is 18.7. The van der Waals surface area contributed by atoms with Crippen LogP contribution in [0.1, 0.15) is 35.2 Å². The van der Waals surface area contributed by atoms with Crippen molar-refractivity contribution in [1.82, 2.24) is 19.9 Å². The van der Waals surface area contributed by atoms with E-state index in [4.69, 9.17) is 23.2 Å². The molecule has 11 heteroatoms. The van der Waals surface area contributed by atoms with Gasteiger partial charge >= 0.3 is 6.18 Å². The summed E-state index contributed by atoms with van der Waals surface area (Å²) in [5.41, 5.74) is 0.0764.